The van der Waals surface area contributed by atoms with Gasteiger partial charge in [-0.1, -0.05) is 37.2 Å². The minimum absolute atomic E-state index is 0.0736. The molecule has 1 saturated heterocycles. The highest BCUT2D eigenvalue weighted by Crippen LogP contribution is 2.28. The summed E-state index contributed by atoms with van der Waals surface area (Å²) in [5, 5.41) is 3.75. The molecule has 0 saturated carbocycles. The van der Waals surface area contributed by atoms with Crippen LogP contribution in [0.15, 0.2) is 35.4 Å². The molecular weight excluding hydrogens is 456 g/mol. The van der Waals surface area contributed by atoms with E-state index in [1.165, 1.54) is 29.8 Å². The van der Waals surface area contributed by atoms with Crippen LogP contribution in [0.3, 0.4) is 0 Å². The predicted molar refractivity (Wildman–Crippen MR) is 122 cm³/mol. The normalized spacial score (nSPS) is 15.7. The third-order valence-electron chi connectivity index (χ3n) is 4.53. The number of hydrogen-bond donors (Lipinski definition) is 1. The van der Waals surface area contributed by atoms with Crippen molar-refractivity contribution in [2.24, 2.45) is 5.92 Å². The molecule has 1 aliphatic heterocycles. The van der Waals surface area contributed by atoms with Crippen molar-refractivity contribution < 1.29 is 28.7 Å². The van der Waals surface area contributed by atoms with E-state index in [4.69, 9.17) is 16.3 Å². The molecule has 0 bridgehead atoms. The molecule has 2 amide bonds. The molecule has 2 rings (SSSR count). The largest absolute Gasteiger partial charge is 0.466 e. The van der Waals surface area contributed by atoms with Crippen LogP contribution in [0.4, 0.5) is 0 Å². The fourth-order valence-electron chi connectivity index (χ4n) is 2.95. The molecule has 0 radical (unpaired) electrons. The van der Waals surface area contributed by atoms with Gasteiger partial charge in [-0.15, -0.1) is 0 Å². The predicted octanol–water partition coefficient (Wildman–Crippen LogP) is 3.01. The molecule has 1 unspecified atom stereocenters. The minimum atomic E-state index is -0.795. The number of carbonyl (C=O) groups is 4. The van der Waals surface area contributed by atoms with Gasteiger partial charge < -0.3 is 19.7 Å². The van der Waals surface area contributed by atoms with Crippen LogP contribution in [0.25, 0.3) is 0 Å². The number of benzene rings is 1. The van der Waals surface area contributed by atoms with Crippen LogP contribution in [0.5, 0.6) is 0 Å². The van der Waals surface area contributed by atoms with Gasteiger partial charge in [0.1, 0.15) is 6.04 Å². The van der Waals surface area contributed by atoms with E-state index >= 15 is 0 Å². The first-order valence-electron chi connectivity index (χ1n) is 10.2. The lowest BCUT2D eigenvalue weighted by molar-refractivity contribution is -0.146. The minimum Gasteiger partial charge on any atom is -0.466 e. The monoisotopic (exact) mass is 482 g/mol. The first-order valence-corrected chi connectivity index (χ1v) is 11.5. The Kier molecular flexibility index (Phi) is 10.1. The Bertz CT molecular complexity index is 872. The summed E-state index contributed by atoms with van der Waals surface area (Å²) in [6, 6.07) is 5.58. The number of amides is 2. The van der Waals surface area contributed by atoms with Crippen LogP contribution >= 0.6 is 23.4 Å². The van der Waals surface area contributed by atoms with Crippen molar-refractivity contribution >= 4 is 47.1 Å². The highest BCUT2D eigenvalue weighted by Gasteiger charge is 2.28. The second-order valence-electron chi connectivity index (χ2n) is 7.52. The van der Waals surface area contributed by atoms with Gasteiger partial charge in [-0.3, -0.25) is 9.59 Å². The standard InChI is InChI=1S/C22H27ClN2O6S/c1-14(2)11-17(24-21(28)15-5-7-16(23)8-6-15)22(29)31-10-4-9-25-18(26)13-32-19(25)12-20(27)30-3/h5-8,12,14,17H,4,9-11,13H2,1-3H3,(H,24,28)/b19-12+. The van der Waals surface area contributed by atoms with E-state index in [2.05, 4.69) is 10.1 Å². The van der Waals surface area contributed by atoms with Gasteiger partial charge in [0, 0.05) is 17.1 Å². The van der Waals surface area contributed by atoms with Gasteiger partial charge in [0.15, 0.2) is 0 Å². The van der Waals surface area contributed by atoms with E-state index in [-0.39, 0.29) is 30.1 Å². The van der Waals surface area contributed by atoms with Crippen LogP contribution in [0.2, 0.25) is 5.02 Å². The Morgan fingerprint density at radius 3 is 2.56 bits per heavy atom. The first-order chi connectivity index (χ1) is 15.2. The average Bonchev–Trinajstić information content (AvgIpc) is 3.09. The third-order valence-corrected chi connectivity index (χ3v) is 5.80. The fraction of sp³-hybridized carbons (Fsp3) is 0.455. The lowest BCUT2D eigenvalue weighted by Gasteiger charge is -2.20. The van der Waals surface area contributed by atoms with E-state index < -0.39 is 18.0 Å². The smallest absolute Gasteiger partial charge is 0.333 e. The van der Waals surface area contributed by atoms with Gasteiger partial charge in [-0.05, 0) is 43.0 Å². The number of hydrogen-bond acceptors (Lipinski definition) is 7. The number of ether oxygens (including phenoxy) is 2. The Hall–Kier alpha value is -2.52. The summed E-state index contributed by atoms with van der Waals surface area (Å²) < 4.78 is 9.97. The van der Waals surface area contributed by atoms with Crippen molar-refractivity contribution in [3.8, 4) is 0 Å². The van der Waals surface area contributed by atoms with Gasteiger partial charge in [0.05, 0.1) is 30.6 Å². The molecule has 174 valence electrons. The zero-order valence-corrected chi connectivity index (χ0v) is 19.8. The van der Waals surface area contributed by atoms with Crippen LogP contribution in [-0.2, 0) is 23.9 Å². The summed E-state index contributed by atoms with van der Waals surface area (Å²) in [4.78, 5) is 50.0. The van der Waals surface area contributed by atoms with Crippen LogP contribution < -0.4 is 5.32 Å². The highest BCUT2D eigenvalue weighted by atomic mass is 35.5. The molecular formula is C22H27ClN2O6S. The van der Waals surface area contributed by atoms with Gasteiger partial charge in [0.25, 0.3) is 5.91 Å². The van der Waals surface area contributed by atoms with E-state index in [1.54, 1.807) is 24.3 Å². The molecule has 1 atom stereocenters. The Labute approximate surface area is 196 Å². The molecule has 1 heterocycles. The van der Waals surface area contributed by atoms with Crippen molar-refractivity contribution in [3.05, 3.63) is 46.0 Å². The maximum absolute atomic E-state index is 12.6. The molecule has 0 aliphatic carbocycles. The zero-order valence-electron chi connectivity index (χ0n) is 18.3. The molecule has 1 aliphatic rings. The summed E-state index contributed by atoms with van der Waals surface area (Å²) in [5.74, 6) is -1.18. The number of nitrogens with one attached hydrogen (secondary N) is 1. The van der Waals surface area contributed by atoms with Crippen molar-refractivity contribution in [1.82, 2.24) is 10.2 Å². The summed E-state index contributed by atoms with van der Waals surface area (Å²) in [6.07, 6.45) is 2.08. The lowest BCUT2D eigenvalue weighted by atomic mass is 10.0. The lowest BCUT2D eigenvalue weighted by Crippen LogP contribution is -2.43. The number of esters is 2. The summed E-state index contributed by atoms with van der Waals surface area (Å²) in [6.45, 7) is 4.26. The molecule has 1 fully saturated rings. The second kappa shape index (κ2) is 12.5. The van der Waals surface area contributed by atoms with Crippen molar-refractivity contribution in [2.45, 2.75) is 32.7 Å². The van der Waals surface area contributed by atoms with E-state index in [0.29, 0.717) is 35.0 Å². The number of nitrogens with zero attached hydrogens (tertiary/aromatic N) is 1. The Morgan fingerprint density at radius 1 is 1.25 bits per heavy atom. The van der Waals surface area contributed by atoms with Gasteiger partial charge >= 0.3 is 11.9 Å². The summed E-state index contributed by atoms with van der Waals surface area (Å²) in [7, 11) is 1.27. The average molecular weight is 483 g/mol. The molecule has 1 aromatic rings. The van der Waals surface area contributed by atoms with Crippen LogP contribution in [-0.4, -0.2) is 60.7 Å². The second-order valence-corrected chi connectivity index (χ2v) is 8.96. The zero-order chi connectivity index (χ0) is 23.7. The number of rotatable bonds is 10. The highest BCUT2D eigenvalue weighted by molar-refractivity contribution is 8.04. The topological polar surface area (TPSA) is 102 Å². The molecule has 0 aromatic heterocycles. The number of methoxy groups -OCH3 is 1. The van der Waals surface area contributed by atoms with Crippen LogP contribution in [0, 0.1) is 5.92 Å². The maximum atomic E-state index is 12.6. The quantitative estimate of drug-likeness (QED) is 0.310. The molecule has 1 N–H and O–H groups in total. The fourth-order valence-corrected chi connectivity index (χ4v) is 4.03. The number of halogens is 1. The summed E-state index contributed by atoms with van der Waals surface area (Å²) in [5.41, 5.74) is 0.394. The van der Waals surface area contributed by atoms with Gasteiger partial charge in [-0.2, -0.15) is 0 Å². The number of carbonyl (C=O) groups excluding carboxylic acids is 4. The van der Waals surface area contributed by atoms with Gasteiger partial charge in [-0.25, -0.2) is 9.59 Å². The Balaban J connectivity index is 1.89. The first kappa shape index (κ1) is 25.7. The molecule has 32 heavy (non-hydrogen) atoms. The van der Waals surface area contributed by atoms with E-state index in [1.807, 2.05) is 13.8 Å². The van der Waals surface area contributed by atoms with Crippen molar-refractivity contribution in [2.75, 3.05) is 26.0 Å². The third kappa shape index (κ3) is 7.87. The molecule has 1 aromatic carbocycles. The molecule has 0 spiro atoms. The molecule has 10 heteroatoms. The molecule has 8 nitrogen and oxygen atoms in total. The van der Waals surface area contributed by atoms with E-state index in [0.717, 1.165) is 0 Å². The van der Waals surface area contributed by atoms with E-state index in [9.17, 15) is 19.2 Å². The maximum Gasteiger partial charge on any atom is 0.333 e. The van der Waals surface area contributed by atoms with Crippen molar-refractivity contribution in [3.63, 3.8) is 0 Å². The SMILES string of the molecule is COC(=O)/C=C1/SCC(=O)N1CCCOC(=O)C(CC(C)C)NC(=O)c1ccc(Cl)cc1. The van der Waals surface area contributed by atoms with Gasteiger partial charge in [0.2, 0.25) is 5.91 Å². The summed E-state index contributed by atoms with van der Waals surface area (Å²) >= 11 is 7.11. The van der Waals surface area contributed by atoms with Crippen LogP contribution in [0.1, 0.15) is 37.0 Å². The Morgan fingerprint density at radius 2 is 1.94 bits per heavy atom. The van der Waals surface area contributed by atoms with Crippen molar-refractivity contribution in [1.29, 1.82) is 0 Å². The number of thioether (sulfide) groups is 1.